The van der Waals surface area contributed by atoms with Crippen molar-refractivity contribution in [1.82, 2.24) is 9.88 Å². The Morgan fingerprint density at radius 1 is 1.47 bits per heavy atom. The van der Waals surface area contributed by atoms with Crippen LogP contribution in [-0.2, 0) is 6.54 Å². The molecule has 1 aliphatic rings. The molecule has 3 heteroatoms. The first-order chi connectivity index (χ1) is 9.20. The van der Waals surface area contributed by atoms with Gasteiger partial charge in [0, 0.05) is 24.8 Å². The van der Waals surface area contributed by atoms with Gasteiger partial charge in [0.15, 0.2) is 0 Å². The van der Waals surface area contributed by atoms with Crippen LogP contribution in [0.25, 0.3) is 0 Å². The average Bonchev–Trinajstić information content (AvgIpc) is 2.45. The second kappa shape index (κ2) is 6.49. The minimum atomic E-state index is 0.184. The first kappa shape index (κ1) is 14.5. The largest absolute Gasteiger partial charge is 0.329 e. The first-order valence-corrected chi connectivity index (χ1v) is 7.55. The van der Waals surface area contributed by atoms with E-state index in [1.807, 2.05) is 12.3 Å². The van der Waals surface area contributed by atoms with E-state index in [1.54, 1.807) is 0 Å². The molecule has 2 rings (SSSR count). The van der Waals surface area contributed by atoms with Crippen molar-refractivity contribution in [3.8, 4) is 0 Å². The third-order valence-electron chi connectivity index (χ3n) is 4.58. The summed E-state index contributed by atoms with van der Waals surface area (Å²) in [6.07, 6.45) is 6.99. The summed E-state index contributed by atoms with van der Waals surface area (Å²) in [4.78, 5) is 7.01. The van der Waals surface area contributed by atoms with Crippen molar-refractivity contribution < 1.29 is 0 Å². The van der Waals surface area contributed by atoms with E-state index in [9.17, 15) is 0 Å². The number of nitrogens with zero attached hydrogens (tertiary/aromatic N) is 2. The Kier molecular flexibility index (Phi) is 4.94. The fourth-order valence-electron chi connectivity index (χ4n) is 3.54. The minimum Gasteiger partial charge on any atom is -0.329 e. The molecule has 1 aliphatic carbocycles. The highest BCUT2D eigenvalue weighted by Gasteiger charge is 2.38. The van der Waals surface area contributed by atoms with Crippen molar-refractivity contribution in [2.24, 2.45) is 11.7 Å². The maximum absolute atomic E-state index is 6.17. The molecule has 0 aliphatic heterocycles. The van der Waals surface area contributed by atoms with Crippen LogP contribution in [0.5, 0.6) is 0 Å². The highest BCUT2D eigenvalue weighted by atomic mass is 15.2. The van der Waals surface area contributed by atoms with Gasteiger partial charge in [-0.15, -0.1) is 0 Å². The lowest BCUT2D eigenvalue weighted by Gasteiger charge is -2.47. The minimum absolute atomic E-state index is 0.184. The molecule has 1 heterocycles. The maximum atomic E-state index is 6.17. The van der Waals surface area contributed by atoms with E-state index >= 15 is 0 Å². The van der Waals surface area contributed by atoms with Crippen molar-refractivity contribution in [3.05, 3.63) is 30.1 Å². The van der Waals surface area contributed by atoms with Crippen LogP contribution in [0.4, 0.5) is 0 Å². The first-order valence-electron chi connectivity index (χ1n) is 7.55. The lowest BCUT2D eigenvalue weighted by molar-refractivity contribution is 0.0357. The molecule has 1 aromatic rings. The van der Waals surface area contributed by atoms with E-state index < -0.39 is 0 Å². The number of rotatable bonds is 5. The number of nitrogens with two attached hydrogens (primary N) is 1. The fourth-order valence-corrected chi connectivity index (χ4v) is 3.54. The van der Waals surface area contributed by atoms with Crippen LogP contribution in [0, 0.1) is 5.92 Å². The van der Waals surface area contributed by atoms with Gasteiger partial charge in [0.05, 0.1) is 5.69 Å². The van der Waals surface area contributed by atoms with Gasteiger partial charge < -0.3 is 5.73 Å². The summed E-state index contributed by atoms with van der Waals surface area (Å²) in [7, 11) is 0. The van der Waals surface area contributed by atoms with Gasteiger partial charge in [0.2, 0.25) is 0 Å². The second-order valence-corrected chi connectivity index (χ2v) is 5.97. The lowest BCUT2D eigenvalue weighted by Crippen LogP contribution is -2.55. The molecule has 0 spiro atoms. The summed E-state index contributed by atoms with van der Waals surface area (Å²) < 4.78 is 0. The Morgan fingerprint density at radius 3 is 2.89 bits per heavy atom. The van der Waals surface area contributed by atoms with Crippen LogP contribution in [0.15, 0.2) is 24.4 Å². The molecule has 106 valence electrons. The van der Waals surface area contributed by atoms with Crippen molar-refractivity contribution in [3.63, 3.8) is 0 Å². The summed E-state index contributed by atoms with van der Waals surface area (Å²) in [6.45, 7) is 7.32. The van der Waals surface area contributed by atoms with Gasteiger partial charge in [-0.3, -0.25) is 9.88 Å². The van der Waals surface area contributed by atoms with Crippen LogP contribution in [0.3, 0.4) is 0 Å². The normalized spacial score (nSPS) is 27.7. The third kappa shape index (κ3) is 3.34. The Labute approximate surface area is 117 Å². The van der Waals surface area contributed by atoms with Crippen LogP contribution < -0.4 is 5.73 Å². The number of aromatic nitrogens is 1. The Hall–Kier alpha value is -0.930. The van der Waals surface area contributed by atoms with Crippen LogP contribution in [0.1, 0.15) is 45.2 Å². The highest BCUT2D eigenvalue weighted by Crippen LogP contribution is 2.36. The maximum Gasteiger partial charge on any atom is 0.0544 e. The van der Waals surface area contributed by atoms with Crippen LogP contribution in [0.2, 0.25) is 0 Å². The van der Waals surface area contributed by atoms with Gasteiger partial charge in [0.1, 0.15) is 0 Å². The van der Waals surface area contributed by atoms with Gasteiger partial charge in [-0.1, -0.05) is 32.8 Å². The number of hydrogen-bond donors (Lipinski definition) is 1. The number of likely N-dealkylation sites (N-methyl/N-ethyl adjacent to an activating group) is 1. The van der Waals surface area contributed by atoms with Crippen molar-refractivity contribution in [2.75, 3.05) is 13.1 Å². The monoisotopic (exact) mass is 261 g/mol. The summed E-state index contributed by atoms with van der Waals surface area (Å²) in [5.41, 5.74) is 7.50. The number of pyridine rings is 1. The number of hydrogen-bond acceptors (Lipinski definition) is 3. The van der Waals surface area contributed by atoms with E-state index in [2.05, 4.69) is 35.9 Å². The summed E-state index contributed by atoms with van der Waals surface area (Å²) >= 11 is 0. The van der Waals surface area contributed by atoms with E-state index in [1.165, 1.54) is 25.7 Å². The standard InChI is InChI=1S/C16H27N3/c1-3-19(12-15-8-4-5-10-18-15)16(13-17)9-6-7-14(2)11-16/h4-5,8,10,14H,3,6-7,9,11-13,17H2,1-2H3. The molecule has 2 unspecified atom stereocenters. The Morgan fingerprint density at radius 2 is 2.32 bits per heavy atom. The zero-order valence-corrected chi connectivity index (χ0v) is 12.3. The molecule has 2 N–H and O–H groups in total. The van der Waals surface area contributed by atoms with Crippen molar-refractivity contribution in [1.29, 1.82) is 0 Å². The molecule has 1 aromatic heterocycles. The summed E-state index contributed by atoms with van der Waals surface area (Å²) in [5.74, 6) is 0.787. The van der Waals surface area contributed by atoms with Gasteiger partial charge in [0.25, 0.3) is 0 Å². The molecule has 0 radical (unpaired) electrons. The average molecular weight is 261 g/mol. The molecule has 19 heavy (non-hydrogen) atoms. The Bertz CT molecular complexity index is 379. The van der Waals surface area contributed by atoms with Crippen LogP contribution in [-0.4, -0.2) is 28.5 Å². The van der Waals surface area contributed by atoms with E-state index in [4.69, 9.17) is 5.73 Å². The molecule has 2 atom stereocenters. The molecule has 1 saturated carbocycles. The van der Waals surface area contributed by atoms with Crippen molar-refractivity contribution >= 4 is 0 Å². The quantitative estimate of drug-likeness (QED) is 0.886. The van der Waals surface area contributed by atoms with Gasteiger partial charge >= 0.3 is 0 Å². The molecular formula is C16H27N3. The van der Waals surface area contributed by atoms with E-state index in [0.29, 0.717) is 0 Å². The molecule has 3 nitrogen and oxygen atoms in total. The van der Waals surface area contributed by atoms with E-state index in [0.717, 1.165) is 31.2 Å². The fraction of sp³-hybridized carbons (Fsp3) is 0.688. The molecule has 0 aromatic carbocycles. The van der Waals surface area contributed by atoms with Crippen LogP contribution >= 0.6 is 0 Å². The zero-order valence-electron chi connectivity index (χ0n) is 12.3. The molecular weight excluding hydrogens is 234 g/mol. The van der Waals surface area contributed by atoms with Gasteiger partial charge in [-0.25, -0.2) is 0 Å². The smallest absolute Gasteiger partial charge is 0.0544 e. The SMILES string of the molecule is CCN(Cc1ccccn1)C1(CN)CCCC(C)C1. The topological polar surface area (TPSA) is 42.2 Å². The second-order valence-electron chi connectivity index (χ2n) is 5.97. The highest BCUT2D eigenvalue weighted by molar-refractivity contribution is 5.05. The zero-order chi connectivity index (χ0) is 13.7. The predicted molar refractivity (Wildman–Crippen MR) is 79.7 cm³/mol. The van der Waals surface area contributed by atoms with E-state index in [-0.39, 0.29) is 5.54 Å². The van der Waals surface area contributed by atoms with Gasteiger partial charge in [-0.05, 0) is 37.4 Å². The lowest BCUT2D eigenvalue weighted by atomic mass is 9.75. The summed E-state index contributed by atoms with van der Waals surface area (Å²) in [5, 5.41) is 0. The predicted octanol–water partition coefficient (Wildman–Crippen LogP) is 2.81. The molecule has 0 bridgehead atoms. The molecule has 0 saturated heterocycles. The van der Waals surface area contributed by atoms with Gasteiger partial charge in [-0.2, -0.15) is 0 Å². The Balaban J connectivity index is 2.14. The summed E-state index contributed by atoms with van der Waals surface area (Å²) in [6, 6.07) is 6.15. The molecule has 0 amide bonds. The van der Waals surface area contributed by atoms with Crippen molar-refractivity contribution in [2.45, 2.75) is 51.6 Å². The third-order valence-corrected chi connectivity index (χ3v) is 4.58. The molecule has 1 fully saturated rings.